The zero-order valence-corrected chi connectivity index (χ0v) is 17.5. The molecule has 2 fully saturated rings. The summed E-state index contributed by atoms with van der Waals surface area (Å²) in [6.45, 7) is 8.33. The standard InChI is InChI=1S/C19H23BrN2O3.ClH/c1-3-21-8-6-19(7-9-21)22(10-11-24-19)18(23)17-13(2)15-12-14(20)4-5-16(15)25-17;/h4-5,12H,3,6-11H2,1-2H3;1H. The molecular weight excluding hydrogens is 420 g/mol. The highest BCUT2D eigenvalue weighted by Crippen LogP contribution is 2.37. The molecule has 0 bridgehead atoms. The van der Waals surface area contributed by atoms with Gasteiger partial charge in [-0.25, -0.2) is 0 Å². The summed E-state index contributed by atoms with van der Waals surface area (Å²) in [5, 5.41) is 0.979. The van der Waals surface area contributed by atoms with Gasteiger partial charge in [0.05, 0.1) is 6.61 Å². The first-order chi connectivity index (χ1) is 12.0. The van der Waals surface area contributed by atoms with Crippen LogP contribution < -0.4 is 0 Å². The van der Waals surface area contributed by atoms with Crippen LogP contribution in [0.4, 0.5) is 0 Å². The molecule has 142 valence electrons. The molecule has 1 spiro atoms. The van der Waals surface area contributed by atoms with Crippen molar-refractivity contribution in [2.75, 3.05) is 32.8 Å². The van der Waals surface area contributed by atoms with Crippen molar-refractivity contribution in [1.82, 2.24) is 9.80 Å². The quantitative estimate of drug-likeness (QED) is 0.697. The molecule has 0 atom stereocenters. The number of benzene rings is 1. The van der Waals surface area contributed by atoms with Crippen molar-refractivity contribution in [3.63, 3.8) is 0 Å². The number of amides is 1. The highest BCUT2D eigenvalue weighted by molar-refractivity contribution is 9.10. The molecule has 3 heterocycles. The molecule has 2 saturated heterocycles. The lowest BCUT2D eigenvalue weighted by molar-refractivity contribution is -0.105. The minimum absolute atomic E-state index is 0. The monoisotopic (exact) mass is 442 g/mol. The second kappa shape index (κ2) is 7.50. The summed E-state index contributed by atoms with van der Waals surface area (Å²) in [7, 11) is 0. The lowest BCUT2D eigenvalue weighted by Crippen LogP contribution is -2.54. The summed E-state index contributed by atoms with van der Waals surface area (Å²) >= 11 is 3.49. The molecule has 1 amide bonds. The third-order valence-electron chi connectivity index (χ3n) is 5.60. The van der Waals surface area contributed by atoms with Crippen molar-refractivity contribution in [3.05, 3.63) is 34.0 Å². The molecule has 2 aromatic rings. The van der Waals surface area contributed by atoms with E-state index in [4.69, 9.17) is 9.15 Å². The van der Waals surface area contributed by atoms with Gasteiger partial charge in [-0.1, -0.05) is 22.9 Å². The predicted octanol–water partition coefficient (Wildman–Crippen LogP) is 4.21. The van der Waals surface area contributed by atoms with E-state index in [1.165, 1.54) is 0 Å². The van der Waals surface area contributed by atoms with E-state index in [2.05, 4.69) is 27.8 Å². The van der Waals surface area contributed by atoms with Crippen LogP contribution in [0.3, 0.4) is 0 Å². The summed E-state index contributed by atoms with van der Waals surface area (Å²) in [4.78, 5) is 17.6. The van der Waals surface area contributed by atoms with Crippen molar-refractivity contribution >= 4 is 45.2 Å². The fourth-order valence-corrected chi connectivity index (χ4v) is 4.41. The van der Waals surface area contributed by atoms with E-state index >= 15 is 0 Å². The van der Waals surface area contributed by atoms with Crippen LogP contribution >= 0.6 is 28.3 Å². The number of carbonyl (C=O) groups excluding carboxylic acids is 1. The minimum Gasteiger partial charge on any atom is -0.451 e. The Labute approximate surface area is 168 Å². The maximum Gasteiger partial charge on any atom is 0.292 e. The van der Waals surface area contributed by atoms with Crippen molar-refractivity contribution in [2.24, 2.45) is 0 Å². The average Bonchev–Trinajstić information content (AvgIpc) is 3.17. The molecule has 5 nitrogen and oxygen atoms in total. The van der Waals surface area contributed by atoms with Crippen molar-refractivity contribution in [2.45, 2.75) is 32.4 Å². The van der Waals surface area contributed by atoms with Crippen LogP contribution in [0.5, 0.6) is 0 Å². The summed E-state index contributed by atoms with van der Waals surface area (Å²) in [5.41, 5.74) is 1.18. The normalized spacial score (nSPS) is 19.9. The van der Waals surface area contributed by atoms with Crippen molar-refractivity contribution in [1.29, 1.82) is 0 Å². The molecule has 1 aromatic carbocycles. The Bertz CT molecular complexity index is 814. The summed E-state index contributed by atoms with van der Waals surface area (Å²) in [6, 6.07) is 5.83. The topological polar surface area (TPSA) is 45.9 Å². The van der Waals surface area contributed by atoms with Gasteiger partial charge in [-0.2, -0.15) is 0 Å². The highest BCUT2D eigenvalue weighted by atomic mass is 79.9. The molecular formula is C19H24BrClN2O3. The van der Waals surface area contributed by atoms with E-state index in [0.717, 1.165) is 53.5 Å². The van der Waals surface area contributed by atoms with Crippen molar-refractivity contribution in [3.8, 4) is 0 Å². The van der Waals surface area contributed by atoms with Crippen LogP contribution in [0.1, 0.15) is 35.9 Å². The predicted molar refractivity (Wildman–Crippen MR) is 107 cm³/mol. The fraction of sp³-hybridized carbons (Fsp3) is 0.526. The molecule has 26 heavy (non-hydrogen) atoms. The number of halogens is 2. The number of aryl methyl sites for hydroxylation is 1. The lowest BCUT2D eigenvalue weighted by Gasteiger charge is -2.43. The molecule has 0 aliphatic carbocycles. The first kappa shape index (κ1) is 19.7. The van der Waals surface area contributed by atoms with E-state index in [9.17, 15) is 4.79 Å². The molecule has 2 aliphatic heterocycles. The SMILES string of the molecule is CCN1CCC2(CC1)OCCN2C(=O)c1oc2ccc(Br)cc2c1C.Cl. The Morgan fingerprint density at radius 2 is 2.00 bits per heavy atom. The lowest BCUT2D eigenvalue weighted by atomic mass is 9.98. The second-order valence-corrected chi connectivity index (χ2v) is 7.80. The van der Waals surface area contributed by atoms with E-state index < -0.39 is 5.72 Å². The highest BCUT2D eigenvalue weighted by Gasteiger charge is 2.47. The number of hydrogen-bond acceptors (Lipinski definition) is 4. The van der Waals surface area contributed by atoms with Gasteiger partial charge in [-0.15, -0.1) is 12.4 Å². The molecule has 4 rings (SSSR count). The number of ether oxygens (including phenoxy) is 1. The number of rotatable bonds is 2. The van der Waals surface area contributed by atoms with Crippen LogP contribution in [0.25, 0.3) is 11.0 Å². The van der Waals surface area contributed by atoms with Crippen LogP contribution in [-0.2, 0) is 4.74 Å². The van der Waals surface area contributed by atoms with Gasteiger partial charge in [0.2, 0.25) is 0 Å². The van der Waals surface area contributed by atoms with Crippen LogP contribution in [0.15, 0.2) is 27.1 Å². The maximum atomic E-state index is 13.3. The zero-order chi connectivity index (χ0) is 17.6. The Morgan fingerprint density at radius 1 is 1.27 bits per heavy atom. The second-order valence-electron chi connectivity index (χ2n) is 6.88. The molecule has 7 heteroatoms. The van der Waals surface area contributed by atoms with Crippen LogP contribution in [0.2, 0.25) is 0 Å². The number of likely N-dealkylation sites (tertiary alicyclic amines) is 1. The Morgan fingerprint density at radius 3 is 2.69 bits per heavy atom. The molecule has 0 unspecified atom stereocenters. The summed E-state index contributed by atoms with van der Waals surface area (Å²) in [6.07, 6.45) is 1.72. The number of hydrogen-bond donors (Lipinski definition) is 0. The third-order valence-corrected chi connectivity index (χ3v) is 6.09. The Hall–Kier alpha value is -1.08. The van der Waals surface area contributed by atoms with Gasteiger partial charge >= 0.3 is 0 Å². The van der Waals surface area contributed by atoms with Crippen LogP contribution in [-0.4, -0.2) is 54.2 Å². The number of carbonyl (C=O) groups is 1. The molecule has 0 N–H and O–H groups in total. The number of furan rings is 1. The van der Waals surface area contributed by atoms with E-state index in [1.807, 2.05) is 30.0 Å². The summed E-state index contributed by atoms with van der Waals surface area (Å²) in [5.74, 6) is 0.392. The first-order valence-electron chi connectivity index (χ1n) is 8.91. The van der Waals surface area contributed by atoms with E-state index in [0.29, 0.717) is 18.9 Å². The van der Waals surface area contributed by atoms with Gasteiger partial charge in [0.15, 0.2) is 5.76 Å². The minimum atomic E-state index is -0.464. The van der Waals surface area contributed by atoms with Gasteiger partial charge in [0, 0.05) is 47.9 Å². The zero-order valence-electron chi connectivity index (χ0n) is 15.1. The van der Waals surface area contributed by atoms with Crippen LogP contribution in [0, 0.1) is 6.92 Å². The molecule has 2 aliphatic rings. The molecule has 1 aromatic heterocycles. The Kier molecular flexibility index (Phi) is 5.68. The van der Waals surface area contributed by atoms with Gasteiger partial charge in [-0.3, -0.25) is 4.79 Å². The van der Waals surface area contributed by atoms with Crippen molar-refractivity contribution < 1.29 is 13.9 Å². The largest absolute Gasteiger partial charge is 0.451 e. The first-order valence-corrected chi connectivity index (χ1v) is 9.70. The number of nitrogens with zero attached hydrogens (tertiary/aromatic N) is 2. The van der Waals surface area contributed by atoms with E-state index in [-0.39, 0.29) is 18.3 Å². The van der Waals surface area contributed by atoms with Gasteiger partial charge < -0.3 is 19.0 Å². The molecule has 0 radical (unpaired) electrons. The smallest absolute Gasteiger partial charge is 0.292 e. The molecule has 0 saturated carbocycles. The van der Waals surface area contributed by atoms with Gasteiger partial charge in [-0.05, 0) is 31.7 Å². The third kappa shape index (κ3) is 3.17. The number of fused-ring (bicyclic) bond motifs is 1. The van der Waals surface area contributed by atoms with Gasteiger partial charge in [0.25, 0.3) is 5.91 Å². The van der Waals surface area contributed by atoms with E-state index in [1.54, 1.807) is 0 Å². The average molecular weight is 444 g/mol. The maximum absolute atomic E-state index is 13.3. The fourth-order valence-electron chi connectivity index (χ4n) is 4.05. The number of piperidine rings is 1. The summed E-state index contributed by atoms with van der Waals surface area (Å²) < 4.78 is 13.0. The van der Waals surface area contributed by atoms with Gasteiger partial charge in [0.1, 0.15) is 11.3 Å². The Balaban J connectivity index is 0.00000196.